The number of carbonyl (C=O) groups excluding carboxylic acids is 3. The third-order valence-corrected chi connectivity index (χ3v) is 8.67. The molecule has 7 nitrogen and oxygen atoms in total. The Balaban J connectivity index is 1.14. The van der Waals surface area contributed by atoms with Gasteiger partial charge in [-0.25, -0.2) is 4.79 Å². The molecule has 4 bridgehead atoms. The lowest BCUT2D eigenvalue weighted by Crippen LogP contribution is -2.60. The Kier molecular flexibility index (Phi) is 6.65. The van der Waals surface area contributed by atoms with Crippen LogP contribution in [0.3, 0.4) is 0 Å². The predicted molar refractivity (Wildman–Crippen MR) is 124 cm³/mol. The second-order valence-electron chi connectivity index (χ2n) is 10.1. The van der Waals surface area contributed by atoms with Gasteiger partial charge in [0.2, 0.25) is 5.91 Å². The summed E-state index contributed by atoms with van der Waals surface area (Å²) >= 11 is 1.35. The maximum atomic E-state index is 12.9. The summed E-state index contributed by atoms with van der Waals surface area (Å²) in [6, 6.07) is 7.11. The molecule has 0 radical (unpaired) electrons. The van der Waals surface area contributed by atoms with E-state index in [1.165, 1.54) is 31.0 Å². The maximum Gasteiger partial charge on any atom is 0.339 e. The van der Waals surface area contributed by atoms with Gasteiger partial charge >= 0.3 is 5.97 Å². The van der Waals surface area contributed by atoms with Crippen LogP contribution in [0.2, 0.25) is 0 Å². The fraction of sp³-hybridized carbons (Fsp3) is 0.640. The number of amides is 2. The average molecular weight is 473 g/mol. The van der Waals surface area contributed by atoms with E-state index < -0.39 is 5.97 Å². The quantitative estimate of drug-likeness (QED) is 0.485. The van der Waals surface area contributed by atoms with Crippen molar-refractivity contribution in [3.8, 4) is 0 Å². The van der Waals surface area contributed by atoms with Crippen LogP contribution in [0.5, 0.6) is 0 Å². The summed E-state index contributed by atoms with van der Waals surface area (Å²) in [5.74, 6) is 1.87. The first kappa shape index (κ1) is 22.7. The molecule has 8 heteroatoms. The standard InChI is InChI=1S/C25H32N2O5S/c28-22(26-25-12-17-9-18(13-25)11-19(10-17)14-25)16-33-21-4-2-1-3-20(21)24(30)32-15-23(29)27-5-7-31-8-6-27/h1-4,17-19H,5-16H2,(H,26,28). The molecule has 0 spiro atoms. The van der Waals surface area contributed by atoms with E-state index in [0.717, 1.165) is 37.0 Å². The first-order valence-electron chi connectivity index (χ1n) is 12.1. The van der Waals surface area contributed by atoms with Gasteiger partial charge in [0.25, 0.3) is 5.91 Å². The van der Waals surface area contributed by atoms with Gasteiger partial charge in [-0.05, 0) is 68.4 Å². The Morgan fingerprint density at radius 1 is 1.03 bits per heavy atom. The van der Waals surface area contributed by atoms with Crippen molar-refractivity contribution in [3.05, 3.63) is 29.8 Å². The van der Waals surface area contributed by atoms with Crippen molar-refractivity contribution in [2.24, 2.45) is 17.8 Å². The zero-order valence-electron chi connectivity index (χ0n) is 18.9. The highest BCUT2D eigenvalue weighted by Gasteiger charge is 2.51. The Morgan fingerprint density at radius 3 is 2.33 bits per heavy atom. The molecule has 1 saturated heterocycles. The Labute approximate surface area is 198 Å². The molecular formula is C25H32N2O5S. The molecule has 6 rings (SSSR count). The Hall–Kier alpha value is -2.06. The topological polar surface area (TPSA) is 84.9 Å². The van der Waals surface area contributed by atoms with Crippen molar-refractivity contribution in [1.29, 1.82) is 0 Å². The molecule has 2 amide bonds. The normalized spacial score (nSPS) is 30.2. The van der Waals surface area contributed by atoms with Gasteiger partial charge in [0.05, 0.1) is 24.5 Å². The summed E-state index contributed by atoms with van der Waals surface area (Å²) in [5, 5.41) is 3.38. The number of esters is 1. The summed E-state index contributed by atoms with van der Waals surface area (Å²) < 4.78 is 10.5. The van der Waals surface area contributed by atoms with Gasteiger partial charge < -0.3 is 19.7 Å². The Bertz CT molecular complexity index is 879. The molecule has 5 fully saturated rings. The van der Waals surface area contributed by atoms with E-state index in [1.54, 1.807) is 17.0 Å². The van der Waals surface area contributed by atoms with E-state index in [1.807, 2.05) is 12.1 Å². The molecule has 1 aliphatic heterocycles. The Morgan fingerprint density at radius 2 is 1.67 bits per heavy atom. The number of morpholine rings is 1. The van der Waals surface area contributed by atoms with E-state index in [0.29, 0.717) is 36.8 Å². The third kappa shape index (κ3) is 5.22. The molecule has 33 heavy (non-hydrogen) atoms. The van der Waals surface area contributed by atoms with Crippen LogP contribution in [0.25, 0.3) is 0 Å². The highest BCUT2D eigenvalue weighted by molar-refractivity contribution is 8.00. The zero-order valence-corrected chi connectivity index (χ0v) is 19.7. The van der Waals surface area contributed by atoms with Crippen molar-refractivity contribution in [2.75, 3.05) is 38.7 Å². The van der Waals surface area contributed by atoms with Gasteiger partial charge in [0, 0.05) is 23.5 Å². The first-order valence-corrected chi connectivity index (χ1v) is 13.0. The number of carbonyl (C=O) groups is 3. The van der Waals surface area contributed by atoms with Crippen LogP contribution in [0.15, 0.2) is 29.2 Å². The minimum Gasteiger partial charge on any atom is -0.452 e. The smallest absolute Gasteiger partial charge is 0.339 e. The molecule has 0 unspecified atom stereocenters. The molecule has 4 aliphatic carbocycles. The number of nitrogens with zero attached hydrogens (tertiary/aromatic N) is 1. The summed E-state index contributed by atoms with van der Waals surface area (Å²) in [5.41, 5.74) is 0.380. The minimum atomic E-state index is -0.541. The summed E-state index contributed by atoms with van der Waals surface area (Å²) in [4.78, 5) is 40.1. The minimum absolute atomic E-state index is 0.00923. The summed E-state index contributed by atoms with van der Waals surface area (Å²) in [7, 11) is 0. The monoisotopic (exact) mass is 472 g/mol. The fourth-order valence-corrected chi connectivity index (χ4v) is 7.45. The lowest BCUT2D eigenvalue weighted by Gasteiger charge is -2.56. The second kappa shape index (κ2) is 9.66. The number of nitrogens with one attached hydrogen (secondary N) is 1. The molecule has 1 heterocycles. The highest BCUT2D eigenvalue weighted by atomic mass is 32.2. The van der Waals surface area contributed by atoms with Crippen LogP contribution in [0.1, 0.15) is 48.9 Å². The lowest BCUT2D eigenvalue weighted by molar-refractivity contribution is -0.138. The lowest BCUT2D eigenvalue weighted by atomic mass is 9.53. The van der Waals surface area contributed by atoms with Crippen molar-refractivity contribution in [2.45, 2.75) is 49.0 Å². The first-order chi connectivity index (χ1) is 16.0. The number of ether oxygens (including phenoxy) is 2. The van der Waals surface area contributed by atoms with Crippen molar-refractivity contribution >= 4 is 29.5 Å². The molecular weight excluding hydrogens is 440 g/mol. The van der Waals surface area contributed by atoms with E-state index in [4.69, 9.17) is 9.47 Å². The second-order valence-corrected chi connectivity index (χ2v) is 11.1. The molecule has 0 aromatic heterocycles. The molecule has 1 aromatic carbocycles. The summed E-state index contributed by atoms with van der Waals surface area (Å²) in [6.07, 6.45) is 7.38. The number of rotatable bonds is 7. The SMILES string of the molecule is O=C(CSc1ccccc1C(=O)OCC(=O)N1CCOCC1)NC12CC3CC(CC(C3)C1)C2. The van der Waals surface area contributed by atoms with Crippen LogP contribution < -0.4 is 5.32 Å². The van der Waals surface area contributed by atoms with E-state index in [2.05, 4.69) is 5.32 Å². The molecule has 1 N–H and O–H groups in total. The zero-order chi connectivity index (χ0) is 22.8. The molecule has 5 aliphatic rings. The van der Waals surface area contributed by atoms with Crippen LogP contribution in [-0.4, -0.2) is 66.9 Å². The van der Waals surface area contributed by atoms with Gasteiger partial charge in [-0.1, -0.05) is 12.1 Å². The highest BCUT2D eigenvalue weighted by Crippen LogP contribution is 2.55. The van der Waals surface area contributed by atoms with Gasteiger partial charge in [0.1, 0.15) is 0 Å². The average Bonchev–Trinajstić information content (AvgIpc) is 2.80. The third-order valence-electron chi connectivity index (χ3n) is 7.60. The molecule has 1 aromatic rings. The van der Waals surface area contributed by atoms with E-state index in [9.17, 15) is 14.4 Å². The van der Waals surface area contributed by atoms with Gasteiger partial charge in [-0.15, -0.1) is 11.8 Å². The summed E-state index contributed by atoms with van der Waals surface area (Å²) in [6.45, 7) is 1.75. The fourth-order valence-electron chi connectivity index (χ4n) is 6.61. The molecule has 0 atom stereocenters. The van der Waals surface area contributed by atoms with Crippen LogP contribution in [-0.2, 0) is 19.1 Å². The van der Waals surface area contributed by atoms with E-state index >= 15 is 0 Å². The number of hydrogen-bond acceptors (Lipinski definition) is 6. The van der Waals surface area contributed by atoms with E-state index in [-0.39, 0.29) is 29.7 Å². The van der Waals surface area contributed by atoms with Gasteiger partial charge in [-0.3, -0.25) is 9.59 Å². The number of benzene rings is 1. The van der Waals surface area contributed by atoms with Gasteiger partial charge in [0.15, 0.2) is 6.61 Å². The van der Waals surface area contributed by atoms with Crippen LogP contribution >= 0.6 is 11.8 Å². The predicted octanol–water partition coefficient (Wildman–Crippen LogP) is 2.88. The number of hydrogen-bond donors (Lipinski definition) is 1. The van der Waals surface area contributed by atoms with Gasteiger partial charge in [-0.2, -0.15) is 0 Å². The van der Waals surface area contributed by atoms with Crippen molar-refractivity contribution in [1.82, 2.24) is 10.2 Å². The molecule has 178 valence electrons. The van der Waals surface area contributed by atoms with Crippen LogP contribution in [0.4, 0.5) is 0 Å². The van der Waals surface area contributed by atoms with Crippen molar-refractivity contribution < 1.29 is 23.9 Å². The molecule has 4 saturated carbocycles. The van der Waals surface area contributed by atoms with Crippen molar-refractivity contribution in [3.63, 3.8) is 0 Å². The maximum absolute atomic E-state index is 12.9. The largest absolute Gasteiger partial charge is 0.452 e. The number of thioether (sulfide) groups is 1. The van der Waals surface area contributed by atoms with Crippen LogP contribution in [0, 0.1) is 17.8 Å².